The normalized spacial score (nSPS) is 10.6. The van der Waals surface area contributed by atoms with Gasteiger partial charge in [-0.3, -0.25) is 4.79 Å². The molecule has 0 aliphatic carbocycles. The fourth-order valence-corrected chi connectivity index (χ4v) is 1.70. The first-order valence-corrected chi connectivity index (χ1v) is 7.31. The van der Waals surface area contributed by atoms with Crippen LogP contribution in [0.25, 0.3) is 6.08 Å². The molecule has 0 unspecified atom stereocenters. The van der Waals surface area contributed by atoms with Gasteiger partial charge in [-0.2, -0.15) is 5.26 Å². The summed E-state index contributed by atoms with van der Waals surface area (Å²) in [6.07, 6.45) is 2.23. The number of hydrogen-bond donors (Lipinski definition) is 1. The van der Waals surface area contributed by atoms with E-state index in [4.69, 9.17) is 10.00 Å². The number of carbonyl (C=O) groups is 2. The van der Waals surface area contributed by atoms with Crippen LogP contribution >= 0.6 is 0 Å². The van der Waals surface area contributed by atoms with Gasteiger partial charge >= 0.3 is 5.97 Å². The van der Waals surface area contributed by atoms with Crippen LogP contribution in [0.1, 0.15) is 18.9 Å². The maximum atomic E-state index is 11.8. The summed E-state index contributed by atoms with van der Waals surface area (Å²) in [4.78, 5) is 25.2. The highest BCUT2D eigenvalue weighted by Gasteiger charge is 2.12. The zero-order valence-electron chi connectivity index (χ0n) is 13.6. The number of rotatable bonds is 7. The van der Waals surface area contributed by atoms with Gasteiger partial charge in [0.2, 0.25) is 0 Å². The summed E-state index contributed by atoms with van der Waals surface area (Å²) < 4.78 is 4.84. The van der Waals surface area contributed by atoms with Crippen molar-refractivity contribution in [3.05, 3.63) is 35.4 Å². The number of anilines is 1. The van der Waals surface area contributed by atoms with Crippen LogP contribution in [0.3, 0.4) is 0 Å². The molecule has 0 aromatic heterocycles. The summed E-state index contributed by atoms with van der Waals surface area (Å²) in [6, 6.07) is 9.16. The van der Waals surface area contributed by atoms with E-state index in [9.17, 15) is 9.59 Å². The molecule has 6 nitrogen and oxygen atoms in total. The molecule has 1 rings (SSSR count). The maximum absolute atomic E-state index is 11.8. The topological polar surface area (TPSA) is 82.4 Å². The molecule has 0 spiro atoms. The van der Waals surface area contributed by atoms with E-state index < -0.39 is 12.6 Å². The van der Waals surface area contributed by atoms with Crippen LogP contribution in [0.2, 0.25) is 0 Å². The van der Waals surface area contributed by atoms with Crippen LogP contribution in [0.15, 0.2) is 29.8 Å². The van der Waals surface area contributed by atoms with Crippen LogP contribution in [0.5, 0.6) is 0 Å². The van der Waals surface area contributed by atoms with E-state index in [0.29, 0.717) is 12.1 Å². The average Bonchev–Trinajstić information content (AvgIpc) is 2.55. The highest BCUT2D eigenvalue weighted by molar-refractivity contribution is 5.98. The lowest BCUT2D eigenvalue weighted by atomic mass is 10.1. The summed E-state index contributed by atoms with van der Waals surface area (Å²) in [5.41, 5.74) is 1.57. The fourth-order valence-electron chi connectivity index (χ4n) is 1.70. The first-order valence-electron chi connectivity index (χ1n) is 7.31. The third kappa shape index (κ3) is 6.22. The minimum absolute atomic E-state index is 0.147. The Morgan fingerprint density at radius 2 is 1.96 bits per heavy atom. The maximum Gasteiger partial charge on any atom is 0.349 e. The molecule has 0 aliphatic rings. The van der Waals surface area contributed by atoms with E-state index in [1.165, 1.54) is 6.08 Å². The molecular formula is C17H21N3O3. The number of benzene rings is 1. The van der Waals surface area contributed by atoms with Crippen LogP contribution < -0.4 is 10.2 Å². The van der Waals surface area contributed by atoms with Crippen molar-refractivity contribution in [2.24, 2.45) is 0 Å². The molecule has 122 valence electrons. The van der Waals surface area contributed by atoms with Crippen LogP contribution in [0.4, 0.5) is 5.69 Å². The van der Waals surface area contributed by atoms with Crippen LogP contribution in [-0.2, 0) is 14.3 Å². The molecule has 0 fully saturated rings. The predicted molar refractivity (Wildman–Crippen MR) is 88.6 cm³/mol. The average molecular weight is 315 g/mol. The standard InChI is InChI=1S/C17H21N3O3/c1-4-9-19-16(21)12-23-17(22)14(11-18)10-13-5-7-15(8-6-13)20(2)3/h5-8,10H,4,9,12H2,1-3H3,(H,19,21)/b14-10+. The van der Waals surface area contributed by atoms with Gasteiger partial charge in [0.1, 0.15) is 11.6 Å². The van der Waals surface area contributed by atoms with Crippen LogP contribution in [0, 0.1) is 11.3 Å². The number of carbonyl (C=O) groups excluding carboxylic acids is 2. The van der Waals surface area contributed by atoms with Gasteiger partial charge in [0.05, 0.1) is 0 Å². The number of hydrogen-bond acceptors (Lipinski definition) is 5. The number of nitrogens with zero attached hydrogens (tertiary/aromatic N) is 2. The molecule has 1 aromatic carbocycles. The Labute approximate surface area is 136 Å². The van der Waals surface area contributed by atoms with Gasteiger partial charge in [-0.15, -0.1) is 0 Å². The van der Waals surface area contributed by atoms with Gasteiger partial charge in [-0.05, 0) is 30.2 Å². The second-order valence-electron chi connectivity index (χ2n) is 5.08. The van der Waals surface area contributed by atoms with Gasteiger partial charge in [0.15, 0.2) is 6.61 Å². The summed E-state index contributed by atoms with van der Waals surface area (Å²) >= 11 is 0. The molecule has 0 aliphatic heterocycles. The SMILES string of the molecule is CCCNC(=O)COC(=O)/C(C#N)=C/c1ccc(N(C)C)cc1. The predicted octanol–water partition coefficient (Wildman–Crippen LogP) is 1.73. The van der Waals surface area contributed by atoms with Gasteiger partial charge in [-0.1, -0.05) is 19.1 Å². The molecule has 23 heavy (non-hydrogen) atoms. The third-order valence-corrected chi connectivity index (χ3v) is 2.97. The van der Waals surface area contributed by atoms with E-state index in [0.717, 1.165) is 12.1 Å². The minimum atomic E-state index is -0.809. The molecule has 1 amide bonds. The van der Waals surface area contributed by atoms with Gasteiger partial charge in [0.25, 0.3) is 5.91 Å². The number of amides is 1. The molecule has 0 saturated heterocycles. The Bertz CT molecular complexity index is 613. The van der Waals surface area contributed by atoms with Gasteiger partial charge < -0.3 is 15.0 Å². The number of ether oxygens (including phenoxy) is 1. The monoisotopic (exact) mass is 315 g/mol. The number of nitrogens with one attached hydrogen (secondary N) is 1. The molecule has 0 bridgehead atoms. The molecule has 0 radical (unpaired) electrons. The molecule has 0 saturated carbocycles. The Morgan fingerprint density at radius 1 is 1.30 bits per heavy atom. The van der Waals surface area contributed by atoms with E-state index >= 15 is 0 Å². The van der Waals surface area contributed by atoms with Crippen LogP contribution in [-0.4, -0.2) is 39.1 Å². The second-order valence-corrected chi connectivity index (χ2v) is 5.08. The minimum Gasteiger partial charge on any atom is -0.451 e. The van der Waals surface area contributed by atoms with E-state index in [1.54, 1.807) is 18.2 Å². The quantitative estimate of drug-likeness (QED) is 0.471. The molecule has 1 N–H and O–H groups in total. The highest BCUT2D eigenvalue weighted by atomic mass is 16.5. The summed E-state index contributed by atoms with van der Waals surface area (Å²) in [7, 11) is 3.85. The lowest BCUT2D eigenvalue weighted by Gasteiger charge is -2.11. The Hall–Kier alpha value is -2.81. The first-order chi connectivity index (χ1) is 11.0. The summed E-state index contributed by atoms with van der Waals surface area (Å²) in [5, 5.41) is 11.7. The largest absolute Gasteiger partial charge is 0.451 e. The lowest BCUT2D eigenvalue weighted by Crippen LogP contribution is -2.29. The van der Waals surface area contributed by atoms with Gasteiger partial charge in [0, 0.05) is 26.3 Å². The van der Waals surface area contributed by atoms with Crippen molar-refractivity contribution >= 4 is 23.6 Å². The highest BCUT2D eigenvalue weighted by Crippen LogP contribution is 2.15. The van der Waals surface area contributed by atoms with E-state index in [1.807, 2.05) is 38.1 Å². The number of esters is 1. The third-order valence-electron chi connectivity index (χ3n) is 2.97. The second kappa shape index (κ2) is 9.26. The van der Waals surface area contributed by atoms with E-state index in [2.05, 4.69) is 5.32 Å². The van der Waals surface area contributed by atoms with E-state index in [-0.39, 0.29) is 11.5 Å². The van der Waals surface area contributed by atoms with Crippen molar-refractivity contribution in [3.8, 4) is 6.07 Å². The molecule has 0 atom stereocenters. The molecular weight excluding hydrogens is 294 g/mol. The van der Waals surface area contributed by atoms with Crippen molar-refractivity contribution in [1.82, 2.24) is 5.32 Å². The summed E-state index contributed by atoms with van der Waals surface area (Å²) in [5.74, 6) is -1.19. The molecule has 1 aromatic rings. The van der Waals surface area contributed by atoms with Crippen molar-refractivity contribution < 1.29 is 14.3 Å². The Morgan fingerprint density at radius 3 is 2.48 bits per heavy atom. The number of nitriles is 1. The lowest BCUT2D eigenvalue weighted by molar-refractivity contribution is -0.144. The van der Waals surface area contributed by atoms with Crippen molar-refractivity contribution in [3.63, 3.8) is 0 Å². The smallest absolute Gasteiger partial charge is 0.349 e. The van der Waals surface area contributed by atoms with Gasteiger partial charge in [-0.25, -0.2) is 4.79 Å². The first kappa shape index (κ1) is 18.2. The zero-order chi connectivity index (χ0) is 17.2. The Kier molecular flexibility index (Phi) is 7.34. The molecule has 6 heteroatoms. The fraction of sp³-hybridized carbons (Fsp3) is 0.353. The summed E-state index contributed by atoms with van der Waals surface area (Å²) in [6.45, 7) is 2.05. The van der Waals surface area contributed by atoms with Crippen molar-refractivity contribution in [2.75, 3.05) is 32.1 Å². The zero-order valence-corrected chi connectivity index (χ0v) is 13.6. The van der Waals surface area contributed by atoms with Crippen molar-refractivity contribution in [1.29, 1.82) is 5.26 Å². The Balaban J connectivity index is 2.69. The molecule has 0 heterocycles. The van der Waals surface area contributed by atoms with Crippen molar-refractivity contribution in [2.45, 2.75) is 13.3 Å².